The highest BCUT2D eigenvalue weighted by atomic mass is 19.1. The average molecular weight is 304 g/mol. The van der Waals surface area contributed by atoms with E-state index in [1.807, 2.05) is 6.07 Å². The number of ether oxygens (including phenoxy) is 2. The minimum absolute atomic E-state index is 0.192. The maximum absolute atomic E-state index is 14.4. The van der Waals surface area contributed by atoms with Crippen molar-refractivity contribution in [3.05, 3.63) is 23.3 Å². The highest BCUT2D eigenvalue weighted by molar-refractivity contribution is 5.60. The van der Waals surface area contributed by atoms with Crippen LogP contribution in [0.5, 0.6) is 11.5 Å². The van der Waals surface area contributed by atoms with E-state index in [9.17, 15) is 9.50 Å². The van der Waals surface area contributed by atoms with E-state index in [1.54, 1.807) is 7.11 Å². The standard InChI is InChI=1S/C18H21FO3/c1-21-13-5-4-10-7-9-3-2-6-18-11(9)8-12(19)15(20)17(18)22-16(13)14(10)18/h4-5,9,11-12,15,17,20H,2-3,6-8H2,1H3/t9-,11+,12-,15+,17+,18+/m1/s1. The Kier molecular flexibility index (Phi) is 2.49. The number of halogens is 1. The SMILES string of the molecule is COc1ccc2c3c1O[C@H]1[C@@H](O)[C@H](F)C[C@H]4[C@H](CCC[C@@]341)C2. The number of benzene rings is 1. The van der Waals surface area contributed by atoms with E-state index in [2.05, 4.69) is 6.07 Å². The van der Waals surface area contributed by atoms with Crippen LogP contribution in [0.15, 0.2) is 12.1 Å². The first-order valence-electron chi connectivity index (χ1n) is 8.36. The van der Waals surface area contributed by atoms with Gasteiger partial charge in [0.25, 0.3) is 0 Å². The lowest BCUT2D eigenvalue weighted by molar-refractivity contribution is -0.122. The summed E-state index contributed by atoms with van der Waals surface area (Å²) in [6, 6.07) is 4.10. The lowest BCUT2D eigenvalue weighted by Gasteiger charge is -2.56. The van der Waals surface area contributed by atoms with Gasteiger partial charge in [-0.25, -0.2) is 4.39 Å². The van der Waals surface area contributed by atoms with Crippen LogP contribution in [0.4, 0.5) is 4.39 Å². The molecule has 0 aromatic heterocycles. The number of aliphatic hydroxyl groups excluding tert-OH is 1. The van der Waals surface area contributed by atoms with E-state index >= 15 is 0 Å². The predicted molar refractivity (Wildman–Crippen MR) is 79.1 cm³/mol. The van der Waals surface area contributed by atoms with Gasteiger partial charge in [0.15, 0.2) is 11.5 Å². The van der Waals surface area contributed by atoms with Crippen LogP contribution in [0.3, 0.4) is 0 Å². The van der Waals surface area contributed by atoms with Gasteiger partial charge in [0.2, 0.25) is 0 Å². The maximum atomic E-state index is 14.4. The third kappa shape index (κ3) is 1.32. The Morgan fingerprint density at radius 2 is 2.27 bits per heavy atom. The Bertz CT molecular complexity index is 645. The Hall–Kier alpha value is -1.29. The van der Waals surface area contributed by atoms with E-state index in [0.717, 1.165) is 25.0 Å². The first kappa shape index (κ1) is 13.2. The van der Waals surface area contributed by atoms with Gasteiger partial charge in [-0.15, -0.1) is 0 Å². The van der Waals surface area contributed by atoms with Crippen LogP contribution in [0.1, 0.15) is 36.8 Å². The number of hydrogen-bond acceptors (Lipinski definition) is 3. The highest BCUT2D eigenvalue weighted by Crippen LogP contribution is 2.66. The smallest absolute Gasteiger partial charge is 0.165 e. The van der Waals surface area contributed by atoms with Crippen LogP contribution < -0.4 is 9.47 Å². The quantitative estimate of drug-likeness (QED) is 0.867. The highest BCUT2D eigenvalue weighted by Gasteiger charge is 2.66. The molecule has 1 aromatic carbocycles. The monoisotopic (exact) mass is 304 g/mol. The van der Waals surface area contributed by atoms with Crippen LogP contribution in [-0.4, -0.2) is 30.6 Å². The normalized spacial score (nSPS) is 44.2. The van der Waals surface area contributed by atoms with Crippen LogP contribution >= 0.6 is 0 Å². The van der Waals surface area contributed by atoms with Gasteiger partial charge >= 0.3 is 0 Å². The summed E-state index contributed by atoms with van der Waals surface area (Å²) in [6.45, 7) is 0. The number of alkyl halides is 1. The zero-order valence-corrected chi connectivity index (χ0v) is 12.7. The van der Waals surface area contributed by atoms with E-state index in [1.165, 1.54) is 17.5 Å². The Morgan fingerprint density at radius 1 is 1.41 bits per heavy atom. The van der Waals surface area contributed by atoms with Gasteiger partial charge in [-0.3, -0.25) is 0 Å². The molecule has 1 spiro atoms. The van der Waals surface area contributed by atoms with Gasteiger partial charge in [-0.2, -0.15) is 0 Å². The average Bonchev–Trinajstić information content (AvgIpc) is 2.85. The van der Waals surface area contributed by atoms with Gasteiger partial charge in [0.1, 0.15) is 18.4 Å². The molecule has 5 rings (SSSR count). The molecule has 2 bridgehead atoms. The second-order valence-corrected chi connectivity index (χ2v) is 7.42. The molecule has 3 aliphatic carbocycles. The third-order valence-electron chi connectivity index (χ3n) is 6.68. The van der Waals surface area contributed by atoms with Crippen molar-refractivity contribution in [1.29, 1.82) is 0 Å². The topological polar surface area (TPSA) is 38.7 Å². The van der Waals surface area contributed by atoms with Gasteiger partial charge in [0.05, 0.1) is 7.11 Å². The molecule has 4 aliphatic rings. The summed E-state index contributed by atoms with van der Waals surface area (Å²) in [6.07, 6.45) is 2.14. The van der Waals surface area contributed by atoms with Crippen molar-refractivity contribution >= 4 is 0 Å². The third-order valence-corrected chi connectivity index (χ3v) is 6.68. The van der Waals surface area contributed by atoms with Crippen LogP contribution in [0.2, 0.25) is 0 Å². The molecule has 118 valence electrons. The van der Waals surface area contributed by atoms with Crippen LogP contribution in [0, 0.1) is 11.8 Å². The molecule has 0 saturated heterocycles. The zero-order valence-electron chi connectivity index (χ0n) is 12.7. The van der Waals surface area contributed by atoms with Crippen molar-refractivity contribution in [2.75, 3.05) is 7.11 Å². The van der Waals surface area contributed by atoms with Gasteiger partial charge in [-0.1, -0.05) is 12.5 Å². The van der Waals surface area contributed by atoms with E-state index < -0.39 is 18.4 Å². The number of rotatable bonds is 1. The lowest BCUT2D eigenvalue weighted by Crippen LogP contribution is -2.63. The van der Waals surface area contributed by atoms with Crippen molar-refractivity contribution in [2.45, 2.75) is 55.9 Å². The number of aliphatic hydroxyl groups is 1. The summed E-state index contributed by atoms with van der Waals surface area (Å²) in [5.41, 5.74) is 2.36. The summed E-state index contributed by atoms with van der Waals surface area (Å²) in [7, 11) is 1.64. The van der Waals surface area contributed by atoms with E-state index in [-0.39, 0.29) is 5.41 Å². The Balaban J connectivity index is 1.79. The van der Waals surface area contributed by atoms with Crippen molar-refractivity contribution in [2.24, 2.45) is 11.8 Å². The molecule has 22 heavy (non-hydrogen) atoms. The summed E-state index contributed by atoms with van der Waals surface area (Å²) in [4.78, 5) is 0. The minimum Gasteiger partial charge on any atom is -0.493 e. The first-order valence-corrected chi connectivity index (χ1v) is 8.36. The molecule has 6 atom stereocenters. The summed E-state index contributed by atoms with van der Waals surface area (Å²) >= 11 is 0. The summed E-state index contributed by atoms with van der Waals surface area (Å²) < 4.78 is 26.1. The molecule has 1 heterocycles. The molecular weight excluding hydrogens is 283 g/mol. The van der Waals surface area contributed by atoms with Crippen molar-refractivity contribution in [3.8, 4) is 11.5 Å². The van der Waals surface area contributed by atoms with Crippen LogP contribution in [0.25, 0.3) is 0 Å². The molecule has 2 fully saturated rings. The Morgan fingerprint density at radius 3 is 3.09 bits per heavy atom. The van der Waals surface area contributed by atoms with Crippen molar-refractivity contribution in [1.82, 2.24) is 0 Å². The molecule has 2 saturated carbocycles. The van der Waals surface area contributed by atoms with Crippen LogP contribution in [-0.2, 0) is 11.8 Å². The van der Waals surface area contributed by atoms with Gasteiger partial charge in [0, 0.05) is 11.0 Å². The maximum Gasteiger partial charge on any atom is 0.165 e. The number of methoxy groups -OCH3 is 1. The summed E-state index contributed by atoms with van der Waals surface area (Å²) in [5, 5.41) is 10.5. The molecule has 1 aromatic rings. The second-order valence-electron chi connectivity index (χ2n) is 7.42. The molecule has 0 radical (unpaired) electrons. The van der Waals surface area contributed by atoms with E-state index in [4.69, 9.17) is 9.47 Å². The number of hydrogen-bond donors (Lipinski definition) is 1. The molecule has 4 heteroatoms. The molecule has 1 N–H and O–H groups in total. The molecule has 0 amide bonds. The van der Waals surface area contributed by atoms with Gasteiger partial charge < -0.3 is 14.6 Å². The largest absolute Gasteiger partial charge is 0.493 e. The zero-order chi connectivity index (χ0) is 15.1. The van der Waals surface area contributed by atoms with E-state index in [0.29, 0.717) is 24.0 Å². The predicted octanol–water partition coefficient (Wildman–Crippen LogP) is 2.77. The second kappa shape index (κ2) is 4.16. The van der Waals surface area contributed by atoms with Gasteiger partial charge in [-0.05, 0) is 49.1 Å². The van der Waals surface area contributed by atoms with Crippen molar-refractivity contribution in [3.63, 3.8) is 0 Å². The fraction of sp³-hybridized carbons (Fsp3) is 0.667. The minimum atomic E-state index is -1.18. The molecule has 1 aliphatic heterocycles. The molecular formula is C18H21FO3. The summed E-state index contributed by atoms with van der Waals surface area (Å²) in [5.74, 6) is 2.30. The first-order chi connectivity index (χ1) is 10.7. The molecule has 3 nitrogen and oxygen atoms in total. The van der Waals surface area contributed by atoms with Crippen molar-refractivity contribution < 1.29 is 19.0 Å². The lowest BCUT2D eigenvalue weighted by atomic mass is 9.48. The molecule has 0 unspecified atom stereocenters. The fourth-order valence-corrected chi connectivity index (χ4v) is 5.94. The Labute approximate surface area is 129 Å². The fourth-order valence-electron chi connectivity index (χ4n) is 5.94.